The van der Waals surface area contributed by atoms with Crippen LogP contribution < -0.4 is 11.1 Å². The molecule has 3 N–H and O–H groups in total. The van der Waals surface area contributed by atoms with Gasteiger partial charge in [-0.25, -0.2) is 9.97 Å². The van der Waals surface area contributed by atoms with Crippen LogP contribution in [-0.4, -0.2) is 23.1 Å². The Balaban J connectivity index is 2.12. The van der Waals surface area contributed by atoms with Crippen molar-refractivity contribution in [1.29, 1.82) is 0 Å². The first-order valence-corrected chi connectivity index (χ1v) is 6.67. The van der Waals surface area contributed by atoms with Gasteiger partial charge < -0.3 is 11.1 Å². The van der Waals surface area contributed by atoms with Gasteiger partial charge in [-0.2, -0.15) is 0 Å². The maximum atomic E-state index is 5.54. The topological polar surface area (TPSA) is 63.8 Å². The molecule has 2 heterocycles. The second-order valence-electron chi connectivity index (χ2n) is 4.36. The first-order chi connectivity index (χ1) is 8.20. The number of nitrogens with two attached hydrogens (primary N) is 1. The molecule has 0 spiro atoms. The Morgan fingerprint density at radius 3 is 3.06 bits per heavy atom. The van der Waals surface area contributed by atoms with E-state index in [1.165, 1.54) is 4.88 Å². The van der Waals surface area contributed by atoms with Crippen molar-refractivity contribution in [3.63, 3.8) is 0 Å². The van der Waals surface area contributed by atoms with E-state index >= 15 is 0 Å². The molecule has 0 amide bonds. The number of rotatable bonds is 5. The molecule has 0 aliphatic heterocycles. The van der Waals surface area contributed by atoms with Gasteiger partial charge in [-0.1, -0.05) is 6.92 Å². The monoisotopic (exact) mass is 250 g/mol. The molecular formula is C12H18N4S. The Morgan fingerprint density at radius 1 is 1.47 bits per heavy atom. The molecule has 5 heteroatoms. The summed E-state index contributed by atoms with van der Waals surface area (Å²) in [5.74, 6) is 1.49. The molecule has 0 fully saturated rings. The van der Waals surface area contributed by atoms with Gasteiger partial charge in [0.2, 0.25) is 0 Å². The lowest BCUT2D eigenvalue weighted by Gasteiger charge is -2.12. The molecule has 2 rings (SSSR count). The van der Waals surface area contributed by atoms with E-state index in [0.29, 0.717) is 5.92 Å². The number of aromatic nitrogens is 2. The third-order valence-electron chi connectivity index (χ3n) is 2.73. The lowest BCUT2D eigenvalue weighted by molar-refractivity contribution is 0.568. The van der Waals surface area contributed by atoms with Crippen molar-refractivity contribution in [2.45, 2.75) is 20.3 Å². The van der Waals surface area contributed by atoms with Crippen LogP contribution in [0.5, 0.6) is 0 Å². The van der Waals surface area contributed by atoms with E-state index in [-0.39, 0.29) is 0 Å². The highest BCUT2D eigenvalue weighted by Gasteiger charge is 2.07. The molecule has 0 aliphatic rings. The van der Waals surface area contributed by atoms with E-state index in [9.17, 15) is 0 Å². The third kappa shape index (κ3) is 2.92. The molecule has 4 nitrogen and oxygen atoms in total. The Bertz CT molecular complexity index is 494. The molecule has 0 aliphatic carbocycles. The fourth-order valence-electron chi connectivity index (χ4n) is 1.77. The summed E-state index contributed by atoms with van der Waals surface area (Å²) >= 11 is 1.70. The van der Waals surface area contributed by atoms with Crippen molar-refractivity contribution in [1.82, 2.24) is 9.97 Å². The number of thiophene rings is 1. The highest BCUT2D eigenvalue weighted by Crippen LogP contribution is 2.27. The minimum Gasteiger partial charge on any atom is -0.369 e. The smallest absolute Gasteiger partial charge is 0.138 e. The van der Waals surface area contributed by atoms with Crippen LogP contribution in [-0.2, 0) is 0 Å². The molecule has 0 aromatic carbocycles. The standard InChI is InChI=1S/C12H18N4S/c1-8(3-4-13)6-14-11-10-5-9(2)17-12(10)16-7-15-11/h5,7-8H,3-4,6,13H2,1-2H3,(H,14,15,16). The Morgan fingerprint density at radius 2 is 2.29 bits per heavy atom. The van der Waals surface area contributed by atoms with Crippen LogP contribution in [0.4, 0.5) is 5.82 Å². The van der Waals surface area contributed by atoms with Crippen LogP contribution in [0.3, 0.4) is 0 Å². The lowest BCUT2D eigenvalue weighted by atomic mass is 10.1. The van der Waals surface area contributed by atoms with E-state index in [4.69, 9.17) is 5.73 Å². The zero-order chi connectivity index (χ0) is 12.3. The molecule has 1 unspecified atom stereocenters. The number of aryl methyl sites for hydroxylation is 1. The van der Waals surface area contributed by atoms with E-state index in [2.05, 4.69) is 35.2 Å². The largest absolute Gasteiger partial charge is 0.369 e. The van der Waals surface area contributed by atoms with Crippen LogP contribution in [0.1, 0.15) is 18.2 Å². The quantitative estimate of drug-likeness (QED) is 0.855. The first-order valence-electron chi connectivity index (χ1n) is 5.85. The van der Waals surface area contributed by atoms with Crippen molar-refractivity contribution >= 4 is 27.4 Å². The summed E-state index contributed by atoms with van der Waals surface area (Å²) in [4.78, 5) is 10.9. The number of hydrogen-bond donors (Lipinski definition) is 2. The fourth-order valence-corrected chi connectivity index (χ4v) is 2.62. The van der Waals surface area contributed by atoms with Crippen LogP contribution in [0, 0.1) is 12.8 Å². The maximum Gasteiger partial charge on any atom is 0.138 e. The Labute approximate surface area is 105 Å². The zero-order valence-electron chi connectivity index (χ0n) is 10.2. The molecule has 2 aromatic rings. The summed E-state index contributed by atoms with van der Waals surface area (Å²) in [5, 5.41) is 4.51. The van der Waals surface area contributed by atoms with Crippen molar-refractivity contribution in [3.8, 4) is 0 Å². The minimum atomic E-state index is 0.560. The van der Waals surface area contributed by atoms with Gasteiger partial charge in [-0.15, -0.1) is 11.3 Å². The maximum absolute atomic E-state index is 5.54. The van der Waals surface area contributed by atoms with Crippen molar-refractivity contribution in [2.24, 2.45) is 11.7 Å². The fraction of sp³-hybridized carbons (Fsp3) is 0.500. The second-order valence-corrected chi connectivity index (χ2v) is 5.60. The number of hydrogen-bond acceptors (Lipinski definition) is 5. The van der Waals surface area contributed by atoms with Crippen LogP contribution in [0.2, 0.25) is 0 Å². The number of fused-ring (bicyclic) bond motifs is 1. The normalized spacial score (nSPS) is 12.9. The highest BCUT2D eigenvalue weighted by molar-refractivity contribution is 7.18. The predicted molar refractivity (Wildman–Crippen MR) is 73.5 cm³/mol. The van der Waals surface area contributed by atoms with Gasteiger partial charge in [0.25, 0.3) is 0 Å². The van der Waals surface area contributed by atoms with Crippen molar-refractivity contribution in [3.05, 3.63) is 17.3 Å². The molecule has 0 bridgehead atoms. The molecule has 0 radical (unpaired) electrons. The molecule has 0 saturated carbocycles. The van der Waals surface area contributed by atoms with Gasteiger partial charge in [0.05, 0.1) is 5.39 Å². The molecular weight excluding hydrogens is 232 g/mol. The van der Waals surface area contributed by atoms with Crippen LogP contribution in [0.25, 0.3) is 10.2 Å². The Kier molecular flexibility index (Phi) is 3.91. The number of nitrogens with zero attached hydrogens (tertiary/aromatic N) is 2. The van der Waals surface area contributed by atoms with Crippen LogP contribution >= 0.6 is 11.3 Å². The zero-order valence-corrected chi connectivity index (χ0v) is 11.0. The van der Waals surface area contributed by atoms with Gasteiger partial charge in [-0.05, 0) is 31.9 Å². The Hall–Kier alpha value is -1.20. The molecule has 1 atom stereocenters. The summed E-state index contributed by atoms with van der Waals surface area (Å²) in [6.45, 7) is 5.92. The average molecular weight is 250 g/mol. The van der Waals surface area contributed by atoms with E-state index < -0.39 is 0 Å². The predicted octanol–water partition coefficient (Wildman–Crippen LogP) is 2.40. The average Bonchev–Trinajstić information content (AvgIpc) is 2.67. The molecule has 92 valence electrons. The second kappa shape index (κ2) is 5.42. The number of anilines is 1. The molecule has 0 saturated heterocycles. The number of nitrogens with one attached hydrogen (secondary N) is 1. The summed E-state index contributed by atoms with van der Waals surface area (Å²) in [6.07, 6.45) is 2.65. The first kappa shape index (κ1) is 12.3. The summed E-state index contributed by atoms with van der Waals surface area (Å²) in [6, 6.07) is 2.13. The van der Waals surface area contributed by atoms with Gasteiger partial charge >= 0.3 is 0 Å². The lowest BCUT2D eigenvalue weighted by Crippen LogP contribution is -2.15. The van der Waals surface area contributed by atoms with E-state index in [1.807, 2.05) is 0 Å². The summed E-state index contributed by atoms with van der Waals surface area (Å²) in [7, 11) is 0. The van der Waals surface area contributed by atoms with Gasteiger partial charge in [0.1, 0.15) is 17.0 Å². The third-order valence-corrected chi connectivity index (χ3v) is 3.69. The molecule has 17 heavy (non-hydrogen) atoms. The molecule has 2 aromatic heterocycles. The van der Waals surface area contributed by atoms with Gasteiger partial charge in [0, 0.05) is 11.4 Å². The van der Waals surface area contributed by atoms with Gasteiger partial charge in [-0.3, -0.25) is 0 Å². The SMILES string of the molecule is Cc1cc2c(NCC(C)CCN)ncnc2s1. The van der Waals surface area contributed by atoms with Gasteiger partial charge in [0.15, 0.2) is 0 Å². The summed E-state index contributed by atoms with van der Waals surface area (Å²) < 4.78 is 0. The van der Waals surface area contributed by atoms with Crippen molar-refractivity contribution in [2.75, 3.05) is 18.4 Å². The van der Waals surface area contributed by atoms with Crippen molar-refractivity contribution < 1.29 is 0 Å². The minimum absolute atomic E-state index is 0.560. The highest BCUT2D eigenvalue weighted by atomic mass is 32.1. The van der Waals surface area contributed by atoms with Crippen LogP contribution in [0.15, 0.2) is 12.4 Å². The van der Waals surface area contributed by atoms with E-state index in [0.717, 1.165) is 35.5 Å². The van der Waals surface area contributed by atoms with E-state index in [1.54, 1.807) is 17.7 Å². The summed E-state index contributed by atoms with van der Waals surface area (Å²) in [5.41, 5.74) is 5.54.